The van der Waals surface area contributed by atoms with E-state index in [1.807, 2.05) is 37.3 Å². The molecule has 1 aliphatic heterocycles. The van der Waals surface area contributed by atoms with E-state index in [9.17, 15) is 4.79 Å². The van der Waals surface area contributed by atoms with Gasteiger partial charge in [0.15, 0.2) is 0 Å². The molecule has 0 fully saturated rings. The molecule has 0 spiro atoms. The fraction of sp³-hybridized carbons (Fsp3) is 0.188. The molecule has 116 valence electrons. The van der Waals surface area contributed by atoms with Crippen molar-refractivity contribution < 1.29 is 4.79 Å². The molecule has 0 aliphatic carbocycles. The molecule has 2 N–H and O–H groups in total. The van der Waals surface area contributed by atoms with Crippen molar-refractivity contribution in [2.24, 2.45) is 11.0 Å². The first kappa shape index (κ1) is 14.4. The van der Waals surface area contributed by atoms with E-state index in [4.69, 9.17) is 11.6 Å². The maximum atomic E-state index is 11.4. The van der Waals surface area contributed by atoms with Gasteiger partial charge >= 0.3 is 0 Å². The van der Waals surface area contributed by atoms with Crippen LogP contribution in [0.4, 0.5) is 0 Å². The normalized spacial score (nSPS) is 18.1. The van der Waals surface area contributed by atoms with Crippen molar-refractivity contribution in [2.75, 3.05) is 0 Å². The van der Waals surface area contributed by atoms with Gasteiger partial charge in [-0.25, -0.2) is 10.4 Å². The van der Waals surface area contributed by atoms with E-state index in [0.29, 0.717) is 6.42 Å². The third-order valence-electron chi connectivity index (χ3n) is 3.84. The summed E-state index contributed by atoms with van der Waals surface area (Å²) in [6.45, 7) is 2.01. The van der Waals surface area contributed by atoms with Crippen LogP contribution in [0.2, 0.25) is 4.34 Å². The van der Waals surface area contributed by atoms with Gasteiger partial charge in [-0.3, -0.25) is 4.79 Å². The average molecular weight is 345 g/mol. The largest absolute Gasteiger partial charge is 0.337 e. The van der Waals surface area contributed by atoms with Crippen LogP contribution in [-0.2, 0) is 4.79 Å². The summed E-state index contributed by atoms with van der Waals surface area (Å²) in [7, 11) is 0. The van der Waals surface area contributed by atoms with Crippen molar-refractivity contribution in [2.45, 2.75) is 13.3 Å². The molecule has 0 saturated carbocycles. The van der Waals surface area contributed by atoms with Crippen molar-refractivity contribution >= 4 is 45.6 Å². The maximum absolute atomic E-state index is 11.4. The molecule has 4 rings (SSSR count). The molecule has 0 saturated heterocycles. The first-order chi connectivity index (χ1) is 11.1. The predicted molar refractivity (Wildman–Crippen MR) is 92.9 cm³/mol. The molecule has 3 aromatic rings. The number of amides is 1. The lowest BCUT2D eigenvalue weighted by molar-refractivity contribution is -0.121. The number of aromatic amines is 1. The van der Waals surface area contributed by atoms with E-state index < -0.39 is 0 Å². The molecule has 7 heteroatoms. The summed E-state index contributed by atoms with van der Waals surface area (Å²) >= 11 is 7.48. The van der Waals surface area contributed by atoms with Gasteiger partial charge in [-0.15, -0.1) is 11.3 Å². The van der Waals surface area contributed by atoms with Gasteiger partial charge < -0.3 is 4.98 Å². The minimum Gasteiger partial charge on any atom is -0.337 e. The molecule has 1 aromatic carbocycles. The molecule has 1 amide bonds. The Labute approximate surface area is 141 Å². The minimum atomic E-state index is -0.0410. The highest BCUT2D eigenvalue weighted by atomic mass is 35.5. The van der Waals surface area contributed by atoms with Crippen LogP contribution in [0, 0.1) is 5.92 Å². The molecule has 23 heavy (non-hydrogen) atoms. The van der Waals surface area contributed by atoms with Crippen LogP contribution in [0.1, 0.15) is 18.9 Å². The van der Waals surface area contributed by atoms with Crippen LogP contribution in [0.25, 0.3) is 21.7 Å². The van der Waals surface area contributed by atoms with Crippen LogP contribution >= 0.6 is 22.9 Å². The quantitative estimate of drug-likeness (QED) is 0.742. The summed E-state index contributed by atoms with van der Waals surface area (Å²) in [5.41, 5.74) is 6.26. The number of aromatic nitrogens is 2. The molecule has 1 unspecified atom stereocenters. The Morgan fingerprint density at radius 3 is 2.91 bits per heavy atom. The molecule has 1 aliphatic rings. The zero-order chi connectivity index (χ0) is 16.0. The number of hydrogen-bond donors (Lipinski definition) is 2. The van der Waals surface area contributed by atoms with Crippen molar-refractivity contribution in [3.8, 4) is 10.7 Å². The summed E-state index contributed by atoms with van der Waals surface area (Å²) in [5, 5.41) is 4.20. The number of fused-ring (bicyclic) bond motifs is 1. The van der Waals surface area contributed by atoms with Crippen molar-refractivity contribution in [3.05, 3.63) is 40.2 Å². The number of nitrogens with one attached hydrogen (secondary N) is 2. The summed E-state index contributed by atoms with van der Waals surface area (Å²) < 4.78 is 0.738. The summed E-state index contributed by atoms with van der Waals surface area (Å²) in [6.07, 6.45) is 0.457. The van der Waals surface area contributed by atoms with Gasteiger partial charge in [0.25, 0.3) is 0 Å². The highest BCUT2D eigenvalue weighted by Crippen LogP contribution is 2.31. The van der Waals surface area contributed by atoms with Crippen molar-refractivity contribution in [3.63, 3.8) is 0 Å². The second-order valence-corrected chi connectivity index (χ2v) is 7.27. The SMILES string of the molecule is CC1CC(=O)NN=C1c1ccc2nc(-c3ccc(Cl)s3)[nH]c2c1. The number of hydrazone groups is 1. The third-order valence-corrected chi connectivity index (χ3v) is 5.08. The van der Waals surface area contributed by atoms with E-state index in [1.165, 1.54) is 11.3 Å². The number of halogens is 1. The molecule has 0 radical (unpaired) electrons. The highest BCUT2D eigenvalue weighted by molar-refractivity contribution is 7.19. The second kappa shape index (κ2) is 5.47. The number of hydrogen-bond acceptors (Lipinski definition) is 4. The monoisotopic (exact) mass is 344 g/mol. The molecule has 5 nitrogen and oxygen atoms in total. The fourth-order valence-electron chi connectivity index (χ4n) is 2.73. The number of nitrogens with zero attached hydrogens (tertiary/aromatic N) is 2. The van der Waals surface area contributed by atoms with Gasteiger partial charge in [0.2, 0.25) is 5.91 Å². The van der Waals surface area contributed by atoms with Gasteiger partial charge in [0, 0.05) is 17.9 Å². The topological polar surface area (TPSA) is 70.1 Å². The average Bonchev–Trinajstić information content (AvgIpc) is 3.12. The van der Waals surface area contributed by atoms with Crippen LogP contribution in [0.15, 0.2) is 35.4 Å². The maximum Gasteiger partial charge on any atom is 0.240 e. The van der Waals surface area contributed by atoms with Gasteiger partial charge in [-0.2, -0.15) is 5.10 Å². The Kier molecular flexibility index (Phi) is 3.43. The Balaban J connectivity index is 1.75. The highest BCUT2D eigenvalue weighted by Gasteiger charge is 2.22. The van der Waals surface area contributed by atoms with Crippen molar-refractivity contribution in [1.29, 1.82) is 0 Å². The van der Waals surface area contributed by atoms with Gasteiger partial charge in [0.05, 0.1) is 26.0 Å². The standard InChI is InChI=1S/C16H13ClN4OS/c1-8-6-14(22)20-21-15(8)9-2-3-10-11(7-9)19-16(18-10)12-4-5-13(17)23-12/h2-5,7-8H,6H2,1H3,(H,18,19)(H,20,22). The minimum absolute atomic E-state index is 0.0410. The Hall–Kier alpha value is -2.18. The fourth-order valence-corrected chi connectivity index (χ4v) is 3.72. The third kappa shape index (κ3) is 2.64. The van der Waals surface area contributed by atoms with Crippen LogP contribution in [0.5, 0.6) is 0 Å². The van der Waals surface area contributed by atoms with Gasteiger partial charge in [0.1, 0.15) is 5.82 Å². The van der Waals surface area contributed by atoms with Crippen LogP contribution in [-0.4, -0.2) is 21.6 Å². The van der Waals surface area contributed by atoms with E-state index in [1.54, 1.807) is 0 Å². The first-order valence-corrected chi connectivity index (χ1v) is 8.42. The molecule has 1 atom stereocenters. The Morgan fingerprint density at radius 2 is 2.17 bits per heavy atom. The molecular weight excluding hydrogens is 332 g/mol. The van der Waals surface area contributed by atoms with E-state index in [-0.39, 0.29) is 11.8 Å². The smallest absolute Gasteiger partial charge is 0.240 e. The number of benzene rings is 1. The van der Waals surface area contributed by atoms with E-state index >= 15 is 0 Å². The number of thiophene rings is 1. The predicted octanol–water partition coefficient (Wildman–Crippen LogP) is 3.80. The lowest BCUT2D eigenvalue weighted by atomic mass is 9.94. The molecule has 0 bridgehead atoms. The zero-order valence-electron chi connectivity index (χ0n) is 12.3. The van der Waals surface area contributed by atoms with Crippen LogP contribution in [0.3, 0.4) is 0 Å². The molecule has 2 aromatic heterocycles. The lowest BCUT2D eigenvalue weighted by Crippen LogP contribution is -2.31. The zero-order valence-corrected chi connectivity index (χ0v) is 13.8. The Bertz CT molecular complexity index is 943. The second-order valence-electron chi connectivity index (χ2n) is 5.56. The molecule has 3 heterocycles. The first-order valence-electron chi connectivity index (χ1n) is 7.22. The van der Waals surface area contributed by atoms with Gasteiger partial charge in [-0.05, 0) is 24.3 Å². The van der Waals surface area contributed by atoms with Crippen molar-refractivity contribution in [1.82, 2.24) is 15.4 Å². The number of carbonyl (C=O) groups excluding carboxylic acids is 1. The lowest BCUT2D eigenvalue weighted by Gasteiger charge is -2.18. The summed E-state index contributed by atoms with van der Waals surface area (Å²) in [5.74, 6) is 0.862. The summed E-state index contributed by atoms with van der Waals surface area (Å²) in [6, 6.07) is 9.79. The Morgan fingerprint density at radius 1 is 1.30 bits per heavy atom. The number of rotatable bonds is 2. The number of imidazole rings is 1. The van der Waals surface area contributed by atoms with E-state index in [0.717, 1.165) is 37.3 Å². The molecular formula is C16H13ClN4OS. The van der Waals surface area contributed by atoms with Crippen LogP contribution < -0.4 is 5.43 Å². The van der Waals surface area contributed by atoms with Gasteiger partial charge in [-0.1, -0.05) is 24.6 Å². The number of carbonyl (C=O) groups is 1. The number of H-pyrrole nitrogens is 1. The van der Waals surface area contributed by atoms with E-state index in [2.05, 4.69) is 20.5 Å². The summed E-state index contributed by atoms with van der Waals surface area (Å²) in [4.78, 5) is 20.3.